The fourth-order valence-corrected chi connectivity index (χ4v) is 3.61. The summed E-state index contributed by atoms with van der Waals surface area (Å²) in [5.41, 5.74) is 1.85. The van der Waals surface area contributed by atoms with Crippen LogP contribution in [0.4, 0.5) is 5.69 Å². The van der Waals surface area contributed by atoms with Crippen LogP contribution in [0.3, 0.4) is 0 Å². The average Bonchev–Trinajstić information content (AvgIpc) is 2.60. The van der Waals surface area contributed by atoms with Crippen molar-refractivity contribution in [3.05, 3.63) is 23.8 Å². The molecular weight excluding hydrogens is 304 g/mol. The third-order valence-electron chi connectivity index (χ3n) is 5.12. The van der Waals surface area contributed by atoms with Crippen LogP contribution in [0, 0.1) is 6.92 Å². The predicted molar refractivity (Wildman–Crippen MR) is 93.3 cm³/mol. The SMILES string of the molecule is Cc1ccc2c(c1)N(CCC(=O)N(C)C1CCCCC1)C(=O)CO2. The average molecular weight is 330 g/mol. The van der Waals surface area contributed by atoms with Gasteiger partial charge in [0.25, 0.3) is 5.91 Å². The maximum absolute atomic E-state index is 12.5. The Labute approximate surface area is 143 Å². The molecule has 1 saturated carbocycles. The number of aryl methyl sites for hydroxylation is 1. The first-order chi connectivity index (χ1) is 11.6. The van der Waals surface area contributed by atoms with Crippen molar-refractivity contribution in [3.8, 4) is 5.75 Å². The Morgan fingerprint density at radius 1 is 1.29 bits per heavy atom. The van der Waals surface area contributed by atoms with Gasteiger partial charge in [-0.15, -0.1) is 0 Å². The molecule has 24 heavy (non-hydrogen) atoms. The van der Waals surface area contributed by atoms with Crippen molar-refractivity contribution in [1.29, 1.82) is 0 Å². The van der Waals surface area contributed by atoms with E-state index < -0.39 is 0 Å². The lowest BCUT2D eigenvalue weighted by Gasteiger charge is -2.33. The molecule has 1 aliphatic heterocycles. The molecule has 0 N–H and O–H groups in total. The minimum absolute atomic E-state index is 0.0444. The van der Waals surface area contributed by atoms with Crippen molar-refractivity contribution >= 4 is 17.5 Å². The summed E-state index contributed by atoms with van der Waals surface area (Å²) in [6, 6.07) is 6.16. The quantitative estimate of drug-likeness (QED) is 0.853. The number of benzene rings is 1. The van der Waals surface area contributed by atoms with Crippen LogP contribution in [-0.2, 0) is 9.59 Å². The molecule has 0 aromatic heterocycles. The summed E-state index contributed by atoms with van der Waals surface area (Å²) in [5, 5.41) is 0. The summed E-state index contributed by atoms with van der Waals surface area (Å²) in [7, 11) is 1.90. The van der Waals surface area contributed by atoms with Crippen molar-refractivity contribution in [2.45, 2.75) is 51.5 Å². The van der Waals surface area contributed by atoms with Gasteiger partial charge in [-0.3, -0.25) is 9.59 Å². The highest BCUT2D eigenvalue weighted by Gasteiger charge is 2.27. The van der Waals surface area contributed by atoms with Gasteiger partial charge in [0.1, 0.15) is 5.75 Å². The van der Waals surface area contributed by atoms with Gasteiger partial charge in [0.2, 0.25) is 5.91 Å². The maximum atomic E-state index is 12.5. The van der Waals surface area contributed by atoms with E-state index in [9.17, 15) is 9.59 Å². The van der Waals surface area contributed by atoms with Gasteiger partial charge in [0.15, 0.2) is 6.61 Å². The van der Waals surface area contributed by atoms with Crippen LogP contribution in [0.25, 0.3) is 0 Å². The van der Waals surface area contributed by atoms with E-state index >= 15 is 0 Å². The molecule has 2 aliphatic rings. The van der Waals surface area contributed by atoms with Crippen molar-refractivity contribution < 1.29 is 14.3 Å². The second-order valence-corrected chi connectivity index (χ2v) is 6.85. The summed E-state index contributed by atoms with van der Waals surface area (Å²) in [6.07, 6.45) is 6.23. The van der Waals surface area contributed by atoms with Gasteiger partial charge in [-0.2, -0.15) is 0 Å². The zero-order chi connectivity index (χ0) is 17.1. The number of fused-ring (bicyclic) bond motifs is 1. The highest BCUT2D eigenvalue weighted by Crippen LogP contribution is 2.33. The van der Waals surface area contributed by atoms with Crippen LogP contribution in [-0.4, -0.2) is 43.0 Å². The van der Waals surface area contributed by atoms with Gasteiger partial charge >= 0.3 is 0 Å². The van der Waals surface area contributed by atoms with E-state index in [0.29, 0.717) is 24.8 Å². The normalized spacial score (nSPS) is 18.1. The van der Waals surface area contributed by atoms with Gasteiger partial charge in [-0.05, 0) is 37.5 Å². The van der Waals surface area contributed by atoms with Gasteiger partial charge in [-0.25, -0.2) is 0 Å². The number of ether oxygens (including phenoxy) is 1. The number of hydrogen-bond donors (Lipinski definition) is 0. The summed E-state index contributed by atoms with van der Waals surface area (Å²) < 4.78 is 5.48. The van der Waals surface area contributed by atoms with E-state index in [1.54, 1.807) is 4.90 Å². The molecule has 2 amide bonds. The summed E-state index contributed by atoms with van der Waals surface area (Å²) >= 11 is 0. The van der Waals surface area contributed by atoms with Crippen LogP contribution >= 0.6 is 0 Å². The van der Waals surface area contributed by atoms with Crippen LogP contribution in [0.5, 0.6) is 5.75 Å². The minimum Gasteiger partial charge on any atom is -0.482 e. The summed E-state index contributed by atoms with van der Waals surface area (Å²) in [5.74, 6) is 0.755. The topological polar surface area (TPSA) is 49.9 Å². The number of amides is 2. The molecule has 0 radical (unpaired) electrons. The summed E-state index contributed by atoms with van der Waals surface area (Å²) in [6.45, 7) is 2.44. The zero-order valence-corrected chi connectivity index (χ0v) is 14.6. The Morgan fingerprint density at radius 2 is 2.04 bits per heavy atom. The van der Waals surface area contributed by atoms with Crippen LogP contribution in [0.1, 0.15) is 44.1 Å². The van der Waals surface area contributed by atoms with Crippen molar-refractivity contribution in [1.82, 2.24) is 4.90 Å². The number of nitrogens with zero attached hydrogens (tertiary/aromatic N) is 2. The molecule has 5 heteroatoms. The van der Waals surface area contributed by atoms with Gasteiger partial charge in [0.05, 0.1) is 5.69 Å². The first-order valence-electron chi connectivity index (χ1n) is 8.86. The molecule has 5 nitrogen and oxygen atoms in total. The maximum Gasteiger partial charge on any atom is 0.265 e. The minimum atomic E-state index is -0.0822. The standard InChI is InChI=1S/C19H26N2O3/c1-14-8-9-17-16(12-14)21(19(23)13-24-17)11-10-18(22)20(2)15-6-4-3-5-7-15/h8-9,12,15H,3-7,10-11,13H2,1-2H3. The smallest absolute Gasteiger partial charge is 0.265 e. The number of carbonyl (C=O) groups excluding carboxylic acids is 2. The highest BCUT2D eigenvalue weighted by molar-refractivity contribution is 5.98. The van der Waals surface area contributed by atoms with E-state index in [-0.39, 0.29) is 18.4 Å². The molecule has 3 rings (SSSR count). The van der Waals surface area contributed by atoms with Crippen LogP contribution in [0.2, 0.25) is 0 Å². The fraction of sp³-hybridized carbons (Fsp3) is 0.579. The Morgan fingerprint density at radius 3 is 2.79 bits per heavy atom. The largest absolute Gasteiger partial charge is 0.482 e. The molecule has 1 aromatic carbocycles. The second kappa shape index (κ2) is 7.24. The van der Waals surface area contributed by atoms with Gasteiger partial charge < -0.3 is 14.5 Å². The molecule has 0 atom stereocenters. The first-order valence-corrected chi connectivity index (χ1v) is 8.86. The van der Waals surface area contributed by atoms with Crippen LogP contribution < -0.4 is 9.64 Å². The second-order valence-electron chi connectivity index (χ2n) is 6.85. The monoisotopic (exact) mass is 330 g/mol. The van der Waals surface area contributed by atoms with E-state index in [1.165, 1.54) is 19.3 Å². The van der Waals surface area contributed by atoms with Crippen LogP contribution in [0.15, 0.2) is 18.2 Å². The van der Waals surface area contributed by atoms with Gasteiger partial charge in [0, 0.05) is 26.1 Å². The van der Waals surface area contributed by atoms with Crippen molar-refractivity contribution in [3.63, 3.8) is 0 Å². The van der Waals surface area contributed by atoms with Gasteiger partial charge in [-0.1, -0.05) is 25.3 Å². The molecule has 0 saturated heterocycles. The molecule has 1 aliphatic carbocycles. The Balaban J connectivity index is 1.64. The lowest BCUT2D eigenvalue weighted by molar-refractivity contribution is -0.132. The molecule has 0 spiro atoms. The fourth-order valence-electron chi connectivity index (χ4n) is 3.61. The molecule has 1 fully saturated rings. The molecule has 1 aromatic rings. The molecule has 0 bridgehead atoms. The lowest BCUT2D eigenvalue weighted by atomic mass is 9.94. The number of carbonyl (C=O) groups is 2. The highest BCUT2D eigenvalue weighted by atomic mass is 16.5. The molecule has 0 unspecified atom stereocenters. The molecule has 130 valence electrons. The number of hydrogen-bond acceptors (Lipinski definition) is 3. The van der Waals surface area contributed by atoms with E-state index in [4.69, 9.17) is 4.74 Å². The lowest BCUT2D eigenvalue weighted by Crippen LogP contribution is -2.43. The van der Waals surface area contributed by atoms with E-state index in [0.717, 1.165) is 24.1 Å². The molecular formula is C19H26N2O3. The number of anilines is 1. The Kier molecular flexibility index (Phi) is 5.07. The third-order valence-corrected chi connectivity index (χ3v) is 5.12. The predicted octanol–water partition coefficient (Wildman–Crippen LogP) is 2.90. The van der Waals surface area contributed by atoms with Crippen molar-refractivity contribution in [2.24, 2.45) is 0 Å². The van der Waals surface area contributed by atoms with E-state index in [1.807, 2.05) is 37.1 Å². The summed E-state index contributed by atoms with van der Waals surface area (Å²) in [4.78, 5) is 28.3. The van der Waals surface area contributed by atoms with Crippen molar-refractivity contribution in [2.75, 3.05) is 25.1 Å². The molecule has 1 heterocycles. The van der Waals surface area contributed by atoms with E-state index in [2.05, 4.69) is 0 Å². The zero-order valence-electron chi connectivity index (χ0n) is 14.6. The Hall–Kier alpha value is -2.04. The Bertz CT molecular complexity index is 623. The number of rotatable bonds is 4. The third kappa shape index (κ3) is 3.55. The first kappa shape index (κ1) is 16.8.